The minimum Gasteiger partial charge on any atom is -0.349 e. The molecule has 0 saturated heterocycles. The molecule has 1 aliphatic rings. The van der Waals surface area contributed by atoms with Gasteiger partial charge in [-0.1, -0.05) is 37.3 Å². The maximum Gasteiger partial charge on any atom is 0.251 e. The summed E-state index contributed by atoms with van der Waals surface area (Å²) in [6.45, 7) is 4.15. The van der Waals surface area contributed by atoms with E-state index in [0.29, 0.717) is 11.6 Å². The molecule has 23 heavy (non-hydrogen) atoms. The van der Waals surface area contributed by atoms with Crippen LogP contribution in [0.2, 0.25) is 0 Å². The molecule has 5 nitrogen and oxygen atoms in total. The summed E-state index contributed by atoms with van der Waals surface area (Å²) in [6.07, 6.45) is 8.53. The van der Waals surface area contributed by atoms with Crippen LogP contribution in [0.25, 0.3) is 11.0 Å². The highest BCUT2D eigenvalue weighted by Gasteiger charge is 2.16. The summed E-state index contributed by atoms with van der Waals surface area (Å²) in [5.74, 6) is 0.0107. The number of benzene rings is 1. The molecule has 1 aromatic carbocycles. The number of rotatable bonds is 3. The lowest BCUT2D eigenvalue weighted by molar-refractivity contribution is 0.0930. The number of carbonyl (C=O) groups is 1. The molecule has 0 aliphatic heterocycles. The molecule has 1 heterocycles. The van der Waals surface area contributed by atoms with Gasteiger partial charge in [0.1, 0.15) is 5.52 Å². The van der Waals surface area contributed by atoms with E-state index in [1.165, 1.54) is 32.1 Å². The molecule has 5 heteroatoms. The van der Waals surface area contributed by atoms with E-state index in [1.54, 1.807) is 0 Å². The summed E-state index contributed by atoms with van der Waals surface area (Å²) < 4.78 is 1.88. The lowest BCUT2D eigenvalue weighted by atomic mass is 9.96. The summed E-state index contributed by atoms with van der Waals surface area (Å²) in [7, 11) is 0. The van der Waals surface area contributed by atoms with E-state index in [0.717, 1.165) is 23.9 Å². The largest absolute Gasteiger partial charge is 0.349 e. The Bertz CT molecular complexity index is 669. The van der Waals surface area contributed by atoms with Gasteiger partial charge in [0.25, 0.3) is 5.91 Å². The van der Waals surface area contributed by atoms with Crippen molar-refractivity contribution in [1.29, 1.82) is 0 Å². The van der Waals surface area contributed by atoms with E-state index >= 15 is 0 Å². The van der Waals surface area contributed by atoms with Gasteiger partial charge in [-0.2, -0.15) is 0 Å². The third kappa shape index (κ3) is 3.71. The smallest absolute Gasteiger partial charge is 0.251 e. The van der Waals surface area contributed by atoms with Crippen molar-refractivity contribution < 1.29 is 4.79 Å². The van der Waals surface area contributed by atoms with Crippen LogP contribution in [0.3, 0.4) is 0 Å². The summed E-state index contributed by atoms with van der Waals surface area (Å²) in [4.78, 5) is 12.5. The van der Waals surface area contributed by atoms with Crippen LogP contribution in [-0.4, -0.2) is 26.9 Å². The molecule has 3 rings (SSSR count). The summed E-state index contributed by atoms with van der Waals surface area (Å²) in [5.41, 5.74) is 2.43. The van der Waals surface area contributed by atoms with E-state index in [4.69, 9.17) is 0 Å². The van der Waals surface area contributed by atoms with Crippen LogP contribution in [0.4, 0.5) is 0 Å². The van der Waals surface area contributed by atoms with Crippen molar-refractivity contribution >= 4 is 16.9 Å². The zero-order valence-electron chi connectivity index (χ0n) is 14.1. The molecule has 2 aromatic rings. The van der Waals surface area contributed by atoms with Crippen LogP contribution in [-0.2, 0) is 0 Å². The molecule has 0 radical (unpaired) electrons. The number of hydrogen-bond donors (Lipinski definition) is 1. The highest BCUT2D eigenvalue weighted by molar-refractivity contribution is 5.97. The Kier molecular flexibility index (Phi) is 4.94. The number of nitrogens with one attached hydrogen (secondary N) is 1. The van der Waals surface area contributed by atoms with Gasteiger partial charge in [-0.3, -0.25) is 4.79 Å². The standard InChI is InChI=1S/C18H26N4O/c1-13(2)22-17-11-10-14(12-16(17)20-21-22)18(23)19-15-8-6-4-3-5-7-9-15/h10-13,15H,3-9H2,1-2H3,(H,19,23). The summed E-state index contributed by atoms with van der Waals surface area (Å²) in [6, 6.07) is 6.24. The SMILES string of the molecule is CC(C)n1nnc2cc(C(=O)NC3CCCCCCC3)ccc21. The van der Waals surface area contributed by atoms with Gasteiger partial charge < -0.3 is 5.32 Å². The zero-order chi connectivity index (χ0) is 16.2. The normalized spacial score (nSPS) is 17.2. The van der Waals surface area contributed by atoms with Gasteiger partial charge >= 0.3 is 0 Å². The second kappa shape index (κ2) is 7.11. The van der Waals surface area contributed by atoms with E-state index in [2.05, 4.69) is 29.5 Å². The molecular formula is C18H26N4O. The van der Waals surface area contributed by atoms with Crippen LogP contribution >= 0.6 is 0 Å². The van der Waals surface area contributed by atoms with Crippen LogP contribution < -0.4 is 5.32 Å². The monoisotopic (exact) mass is 314 g/mol. The third-order valence-electron chi connectivity index (χ3n) is 4.66. The molecule has 1 aliphatic carbocycles. The Morgan fingerprint density at radius 3 is 2.57 bits per heavy atom. The highest BCUT2D eigenvalue weighted by atomic mass is 16.1. The molecule has 1 N–H and O–H groups in total. The van der Waals surface area contributed by atoms with Gasteiger partial charge in [0.2, 0.25) is 0 Å². The third-order valence-corrected chi connectivity index (χ3v) is 4.66. The van der Waals surface area contributed by atoms with Crippen molar-refractivity contribution in [2.24, 2.45) is 0 Å². The Morgan fingerprint density at radius 2 is 1.87 bits per heavy atom. The Balaban J connectivity index is 1.72. The van der Waals surface area contributed by atoms with Crippen molar-refractivity contribution in [3.63, 3.8) is 0 Å². The predicted molar refractivity (Wildman–Crippen MR) is 91.5 cm³/mol. The summed E-state index contributed by atoms with van der Waals surface area (Å²) >= 11 is 0. The first-order valence-electron chi connectivity index (χ1n) is 8.81. The van der Waals surface area contributed by atoms with Crippen LogP contribution in [0.15, 0.2) is 18.2 Å². The molecule has 124 valence electrons. The fourth-order valence-corrected chi connectivity index (χ4v) is 3.33. The predicted octanol–water partition coefficient (Wildman–Crippen LogP) is 3.85. The van der Waals surface area contributed by atoms with Crippen molar-refractivity contribution in [2.45, 2.75) is 70.9 Å². The molecule has 1 amide bonds. The zero-order valence-corrected chi connectivity index (χ0v) is 14.1. The average molecular weight is 314 g/mol. The van der Waals surface area contributed by atoms with Crippen molar-refractivity contribution in [3.05, 3.63) is 23.8 Å². The topological polar surface area (TPSA) is 59.8 Å². The minimum atomic E-state index is 0.0107. The van der Waals surface area contributed by atoms with E-state index < -0.39 is 0 Å². The number of hydrogen-bond acceptors (Lipinski definition) is 3. The van der Waals surface area contributed by atoms with Gasteiger partial charge in [-0.05, 0) is 44.9 Å². The van der Waals surface area contributed by atoms with Gasteiger partial charge in [0.15, 0.2) is 0 Å². The Morgan fingerprint density at radius 1 is 1.17 bits per heavy atom. The van der Waals surface area contributed by atoms with Gasteiger partial charge in [0, 0.05) is 17.6 Å². The number of fused-ring (bicyclic) bond motifs is 1. The fraction of sp³-hybridized carbons (Fsp3) is 0.611. The molecule has 0 bridgehead atoms. The Labute approximate surface area is 137 Å². The lowest BCUT2D eigenvalue weighted by Gasteiger charge is -2.21. The second-order valence-corrected chi connectivity index (χ2v) is 6.85. The molecular weight excluding hydrogens is 288 g/mol. The molecule has 1 saturated carbocycles. The maximum absolute atomic E-state index is 12.5. The molecule has 0 spiro atoms. The first-order valence-corrected chi connectivity index (χ1v) is 8.81. The molecule has 1 fully saturated rings. The van der Waals surface area contributed by atoms with E-state index in [1.807, 2.05) is 22.9 Å². The van der Waals surface area contributed by atoms with Crippen molar-refractivity contribution in [2.75, 3.05) is 0 Å². The molecule has 0 atom stereocenters. The molecule has 0 unspecified atom stereocenters. The minimum absolute atomic E-state index is 0.0107. The first-order chi connectivity index (χ1) is 11.1. The van der Waals surface area contributed by atoms with E-state index in [9.17, 15) is 4.79 Å². The van der Waals surface area contributed by atoms with Gasteiger partial charge in [0.05, 0.1) is 5.52 Å². The van der Waals surface area contributed by atoms with Crippen LogP contribution in [0.1, 0.15) is 75.2 Å². The van der Waals surface area contributed by atoms with Crippen LogP contribution in [0.5, 0.6) is 0 Å². The Hall–Kier alpha value is -1.91. The average Bonchev–Trinajstić information content (AvgIpc) is 2.92. The second-order valence-electron chi connectivity index (χ2n) is 6.85. The van der Waals surface area contributed by atoms with Gasteiger partial charge in [-0.25, -0.2) is 4.68 Å². The van der Waals surface area contributed by atoms with E-state index in [-0.39, 0.29) is 11.9 Å². The number of aromatic nitrogens is 3. The number of carbonyl (C=O) groups excluding carboxylic acids is 1. The van der Waals surface area contributed by atoms with Gasteiger partial charge in [-0.15, -0.1) is 5.10 Å². The quantitative estimate of drug-likeness (QED) is 0.936. The number of amides is 1. The first kappa shape index (κ1) is 16.0. The summed E-state index contributed by atoms with van der Waals surface area (Å²) in [5, 5.41) is 11.6. The fourth-order valence-electron chi connectivity index (χ4n) is 3.33. The van der Waals surface area contributed by atoms with Crippen molar-refractivity contribution in [1.82, 2.24) is 20.3 Å². The molecule has 1 aromatic heterocycles. The lowest BCUT2D eigenvalue weighted by Crippen LogP contribution is -2.35. The van der Waals surface area contributed by atoms with Crippen molar-refractivity contribution in [3.8, 4) is 0 Å². The highest BCUT2D eigenvalue weighted by Crippen LogP contribution is 2.19. The van der Waals surface area contributed by atoms with Crippen LogP contribution in [0, 0.1) is 0 Å². The number of nitrogens with zero attached hydrogens (tertiary/aromatic N) is 3. The maximum atomic E-state index is 12.5.